The maximum atomic E-state index is 13.4. The monoisotopic (exact) mass is 290 g/mol. The molecule has 0 heterocycles. The van der Waals surface area contributed by atoms with Crippen LogP contribution in [-0.4, -0.2) is 17.2 Å². The molecule has 3 nitrogen and oxygen atoms in total. The van der Waals surface area contributed by atoms with E-state index in [4.69, 9.17) is 16.3 Å². The van der Waals surface area contributed by atoms with E-state index in [1.54, 1.807) is 13.8 Å². The fourth-order valence-corrected chi connectivity index (χ4v) is 1.74. The van der Waals surface area contributed by atoms with Crippen molar-refractivity contribution in [2.24, 2.45) is 0 Å². The molecule has 1 rings (SSSR count). The molecule has 0 aliphatic rings. The van der Waals surface area contributed by atoms with Crippen molar-refractivity contribution in [2.45, 2.75) is 26.4 Å². The first-order valence-electron chi connectivity index (χ1n) is 5.22. The van der Waals surface area contributed by atoms with E-state index in [-0.39, 0.29) is 23.1 Å². The lowest BCUT2D eigenvalue weighted by Gasteiger charge is -2.10. The van der Waals surface area contributed by atoms with Crippen molar-refractivity contribution in [3.05, 3.63) is 34.1 Å². The van der Waals surface area contributed by atoms with Crippen molar-refractivity contribution >= 4 is 35.3 Å². The molecule has 0 fully saturated rings. The maximum absolute atomic E-state index is 13.4. The van der Waals surface area contributed by atoms with Crippen LogP contribution < -0.4 is 0 Å². The predicted molar refractivity (Wildman–Crippen MR) is 69.7 cm³/mol. The van der Waals surface area contributed by atoms with E-state index >= 15 is 0 Å². The molecular weight excluding hydrogens is 279 g/mol. The molecule has 98 valence electrons. The zero-order chi connectivity index (χ0) is 13.9. The highest BCUT2D eigenvalue weighted by atomic mass is 35.5. The van der Waals surface area contributed by atoms with Crippen molar-refractivity contribution in [2.75, 3.05) is 0 Å². The Morgan fingerprint density at radius 2 is 2.06 bits per heavy atom. The van der Waals surface area contributed by atoms with Gasteiger partial charge in [-0.3, -0.25) is 9.59 Å². The Kier molecular flexibility index (Phi) is 5.16. The Morgan fingerprint density at radius 3 is 2.56 bits per heavy atom. The summed E-state index contributed by atoms with van der Waals surface area (Å²) in [6, 6.07) is 2.21. The number of halogens is 2. The van der Waals surface area contributed by atoms with Crippen molar-refractivity contribution in [3.8, 4) is 0 Å². The van der Waals surface area contributed by atoms with E-state index in [2.05, 4.69) is 12.6 Å². The highest BCUT2D eigenvalue weighted by Gasteiger charge is 2.16. The van der Waals surface area contributed by atoms with Gasteiger partial charge >= 0.3 is 5.97 Å². The molecule has 18 heavy (non-hydrogen) atoms. The third-order valence-electron chi connectivity index (χ3n) is 2.07. The third-order valence-corrected chi connectivity index (χ3v) is 2.66. The van der Waals surface area contributed by atoms with Crippen LogP contribution in [0.5, 0.6) is 0 Å². The maximum Gasteiger partial charge on any atom is 0.310 e. The molecule has 0 N–H and O–H groups in total. The molecule has 0 amide bonds. The van der Waals surface area contributed by atoms with Gasteiger partial charge in [-0.1, -0.05) is 11.6 Å². The summed E-state index contributed by atoms with van der Waals surface area (Å²) in [6.07, 6.45) is -0.367. The number of hydrogen-bond acceptors (Lipinski definition) is 3. The summed E-state index contributed by atoms with van der Waals surface area (Å²) in [7, 11) is 0. The second-order valence-corrected chi connectivity index (χ2v) is 4.76. The summed E-state index contributed by atoms with van der Waals surface area (Å²) >= 11 is 9.35. The van der Waals surface area contributed by atoms with E-state index in [9.17, 15) is 14.0 Å². The molecule has 0 atom stereocenters. The largest absolute Gasteiger partial charge is 0.463 e. The summed E-state index contributed by atoms with van der Waals surface area (Å²) in [6.45, 7) is 3.43. The number of thiol groups is 1. The minimum absolute atomic E-state index is 0.0755. The van der Waals surface area contributed by atoms with Gasteiger partial charge < -0.3 is 4.74 Å². The molecule has 0 radical (unpaired) electrons. The average molecular weight is 291 g/mol. The van der Waals surface area contributed by atoms with Crippen LogP contribution in [0.3, 0.4) is 0 Å². The van der Waals surface area contributed by atoms with Gasteiger partial charge in [-0.05, 0) is 31.5 Å². The van der Waals surface area contributed by atoms with Crippen LogP contribution in [0.2, 0.25) is 5.02 Å². The second kappa shape index (κ2) is 6.20. The van der Waals surface area contributed by atoms with Gasteiger partial charge in [-0.2, -0.15) is 0 Å². The summed E-state index contributed by atoms with van der Waals surface area (Å²) in [5.74, 6) is -1.25. The number of carbonyl (C=O) groups is 2. The number of hydrogen-bond donors (Lipinski definition) is 1. The zero-order valence-corrected chi connectivity index (χ0v) is 11.5. The number of rotatable bonds is 4. The first-order valence-corrected chi connectivity index (χ1v) is 6.04. The Morgan fingerprint density at radius 1 is 1.44 bits per heavy atom. The Balaban J connectivity index is 2.99. The molecule has 6 heteroatoms. The third kappa shape index (κ3) is 3.99. The van der Waals surface area contributed by atoms with Crippen LogP contribution >= 0.6 is 24.2 Å². The Bertz CT molecular complexity index is 488. The van der Waals surface area contributed by atoms with Gasteiger partial charge in [0, 0.05) is 5.02 Å². The van der Waals surface area contributed by atoms with Gasteiger partial charge in [-0.25, -0.2) is 4.39 Å². The average Bonchev–Trinajstić information content (AvgIpc) is 2.20. The molecule has 0 aliphatic carbocycles. The lowest BCUT2D eigenvalue weighted by atomic mass is 10.1. The van der Waals surface area contributed by atoms with Crippen molar-refractivity contribution < 1.29 is 18.7 Å². The summed E-state index contributed by atoms with van der Waals surface area (Å²) < 4.78 is 18.3. The van der Waals surface area contributed by atoms with E-state index in [1.807, 2.05) is 0 Å². The SMILES string of the molecule is CC(C)OC(=O)Cc1cc(C(=O)S)c(F)cc1Cl. The van der Waals surface area contributed by atoms with Crippen LogP contribution in [0.1, 0.15) is 29.8 Å². The van der Waals surface area contributed by atoms with Gasteiger partial charge in [0.2, 0.25) is 5.12 Å². The normalized spacial score (nSPS) is 10.6. The van der Waals surface area contributed by atoms with Crippen molar-refractivity contribution in [1.29, 1.82) is 0 Å². The molecule has 0 saturated heterocycles. The van der Waals surface area contributed by atoms with Crippen molar-refractivity contribution in [3.63, 3.8) is 0 Å². The minimum atomic E-state index is -0.763. The number of carbonyl (C=O) groups excluding carboxylic acids is 2. The molecule has 1 aromatic carbocycles. The van der Waals surface area contributed by atoms with E-state index in [0.29, 0.717) is 5.56 Å². The number of ether oxygens (including phenoxy) is 1. The summed E-state index contributed by atoms with van der Waals surface area (Å²) in [5.41, 5.74) is 0.121. The van der Waals surface area contributed by atoms with Gasteiger partial charge in [0.1, 0.15) is 5.82 Å². The quantitative estimate of drug-likeness (QED) is 0.685. The van der Waals surface area contributed by atoms with Gasteiger partial charge in [0.15, 0.2) is 0 Å². The second-order valence-electron chi connectivity index (χ2n) is 3.94. The lowest BCUT2D eigenvalue weighted by Crippen LogP contribution is -2.14. The molecule has 0 unspecified atom stereocenters. The first kappa shape index (κ1) is 15.0. The molecule has 0 bridgehead atoms. The van der Waals surface area contributed by atoms with Crippen LogP contribution in [0.4, 0.5) is 4.39 Å². The van der Waals surface area contributed by atoms with E-state index in [1.165, 1.54) is 6.07 Å². The predicted octanol–water partition coefficient (Wildman–Crippen LogP) is 3.04. The molecule has 0 aliphatic heterocycles. The highest BCUT2D eigenvalue weighted by Crippen LogP contribution is 2.22. The van der Waals surface area contributed by atoms with E-state index in [0.717, 1.165) is 6.07 Å². The minimum Gasteiger partial charge on any atom is -0.463 e. The smallest absolute Gasteiger partial charge is 0.310 e. The fourth-order valence-electron chi connectivity index (χ4n) is 1.35. The first-order chi connectivity index (χ1) is 8.31. The molecule has 0 spiro atoms. The molecule has 0 saturated carbocycles. The van der Waals surface area contributed by atoms with Crippen LogP contribution in [0, 0.1) is 5.82 Å². The van der Waals surface area contributed by atoms with Gasteiger partial charge in [-0.15, -0.1) is 12.6 Å². The van der Waals surface area contributed by atoms with E-state index < -0.39 is 16.9 Å². The van der Waals surface area contributed by atoms with Gasteiger partial charge in [0.05, 0.1) is 18.1 Å². The topological polar surface area (TPSA) is 43.4 Å². The Hall–Kier alpha value is -1.07. The van der Waals surface area contributed by atoms with Gasteiger partial charge in [0.25, 0.3) is 0 Å². The fraction of sp³-hybridized carbons (Fsp3) is 0.333. The number of benzene rings is 1. The number of esters is 1. The zero-order valence-electron chi connectivity index (χ0n) is 9.87. The molecule has 0 aromatic heterocycles. The standard InChI is InChI=1S/C12H12ClFO3S/c1-6(2)17-11(15)4-7-3-8(12(16)18)10(14)5-9(7)13/h3,5-6H,4H2,1-2H3,(H,16,18). The van der Waals surface area contributed by atoms with Crippen molar-refractivity contribution in [1.82, 2.24) is 0 Å². The van der Waals surface area contributed by atoms with Crippen LogP contribution in [-0.2, 0) is 16.0 Å². The summed E-state index contributed by atoms with van der Waals surface area (Å²) in [4.78, 5) is 22.5. The highest BCUT2D eigenvalue weighted by molar-refractivity contribution is 7.97. The summed E-state index contributed by atoms with van der Waals surface area (Å²) in [5, 5.41) is -0.644. The Labute approximate surface area is 115 Å². The molecular formula is C12H12ClFO3S. The molecule has 1 aromatic rings. The lowest BCUT2D eigenvalue weighted by molar-refractivity contribution is -0.146. The van der Waals surface area contributed by atoms with Crippen LogP contribution in [0.25, 0.3) is 0 Å². The van der Waals surface area contributed by atoms with Crippen LogP contribution in [0.15, 0.2) is 12.1 Å².